The fourth-order valence-corrected chi connectivity index (χ4v) is 6.53. The van der Waals surface area contributed by atoms with Gasteiger partial charge in [-0.3, -0.25) is 0 Å². The Labute approximate surface area is 189 Å². The topological polar surface area (TPSA) is 59.0 Å². The zero-order valence-corrected chi connectivity index (χ0v) is 20.4. The molecule has 178 valence electrons. The summed E-state index contributed by atoms with van der Waals surface area (Å²) in [5, 5.41) is 10.7. The summed E-state index contributed by atoms with van der Waals surface area (Å²) < 4.78 is 11.2. The van der Waals surface area contributed by atoms with Gasteiger partial charge in [0, 0.05) is 25.4 Å². The summed E-state index contributed by atoms with van der Waals surface area (Å²) in [6.07, 6.45) is 11.1. The molecule has 0 aromatic heterocycles. The van der Waals surface area contributed by atoms with Crippen LogP contribution in [-0.2, 0) is 14.3 Å². The van der Waals surface area contributed by atoms with Crippen molar-refractivity contribution in [3.63, 3.8) is 0 Å². The molecule has 31 heavy (non-hydrogen) atoms. The fraction of sp³-hybridized carbons (Fsp3) is 0.885. The van der Waals surface area contributed by atoms with E-state index in [0.29, 0.717) is 42.1 Å². The van der Waals surface area contributed by atoms with Crippen molar-refractivity contribution in [2.75, 3.05) is 13.7 Å². The van der Waals surface area contributed by atoms with E-state index in [-0.39, 0.29) is 12.1 Å². The highest BCUT2D eigenvalue weighted by molar-refractivity contribution is 5.74. The number of hydrogen-bond acceptors (Lipinski definition) is 5. The molecule has 3 aliphatic rings. The molecule has 5 nitrogen and oxygen atoms in total. The van der Waals surface area contributed by atoms with E-state index < -0.39 is 6.10 Å². The van der Waals surface area contributed by atoms with Crippen molar-refractivity contribution in [3.8, 4) is 0 Å². The number of ether oxygens (including phenoxy) is 2. The van der Waals surface area contributed by atoms with Gasteiger partial charge < -0.3 is 19.5 Å². The van der Waals surface area contributed by atoms with Gasteiger partial charge in [-0.05, 0) is 70.1 Å². The number of carbonyl (C=O) groups is 1. The van der Waals surface area contributed by atoms with Gasteiger partial charge in [-0.1, -0.05) is 33.1 Å². The first-order chi connectivity index (χ1) is 14.8. The van der Waals surface area contributed by atoms with Crippen LogP contribution in [0.1, 0.15) is 91.9 Å². The highest BCUT2D eigenvalue weighted by Crippen LogP contribution is 2.43. The lowest BCUT2D eigenvalue weighted by molar-refractivity contribution is -0.162. The van der Waals surface area contributed by atoms with E-state index in [1.807, 2.05) is 13.8 Å². The molecule has 2 fully saturated rings. The van der Waals surface area contributed by atoms with Gasteiger partial charge in [-0.2, -0.15) is 0 Å². The molecule has 0 spiro atoms. The molecule has 0 amide bonds. The minimum Gasteiger partial charge on any atom is -0.510 e. The van der Waals surface area contributed by atoms with E-state index in [2.05, 4.69) is 25.8 Å². The van der Waals surface area contributed by atoms with Crippen molar-refractivity contribution in [2.24, 2.45) is 23.7 Å². The van der Waals surface area contributed by atoms with Crippen molar-refractivity contribution < 1.29 is 19.4 Å². The van der Waals surface area contributed by atoms with Crippen LogP contribution in [0, 0.1) is 23.7 Å². The number of carbonyl (C=O) groups excluding carboxylic acids is 1. The molecule has 4 unspecified atom stereocenters. The Hall–Kier alpha value is -1.23. The second-order valence-electron chi connectivity index (χ2n) is 10.4. The summed E-state index contributed by atoms with van der Waals surface area (Å²) in [4.78, 5) is 14.4. The number of allylic oxidation sites excluding steroid dienone is 2. The molecule has 4 atom stereocenters. The minimum absolute atomic E-state index is 0.131. The standard InChI is InChI=1S/C26H45NO4/c1-6-30-26(29)19(4)31-22-14-17(2)23(18(3)15-22)16-21-12-13-24(28)25(27(21)5)20-10-8-7-9-11-20/h17-23,28H,6-16H2,1-5H3. The smallest absolute Gasteiger partial charge is 0.334 e. The molecule has 1 aliphatic heterocycles. The first-order valence-corrected chi connectivity index (χ1v) is 12.8. The normalized spacial score (nSPS) is 34.0. The molecule has 2 aliphatic carbocycles. The Balaban J connectivity index is 1.58. The lowest BCUT2D eigenvalue weighted by atomic mass is 9.69. The molecular formula is C26H45NO4. The summed E-state index contributed by atoms with van der Waals surface area (Å²) in [5.74, 6) is 2.72. The van der Waals surface area contributed by atoms with Gasteiger partial charge in [0.05, 0.1) is 18.4 Å². The minimum atomic E-state index is -0.489. The van der Waals surface area contributed by atoms with Gasteiger partial charge in [0.15, 0.2) is 6.10 Å². The SMILES string of the molecule is CCOC(=O)C(C)OC1CC(C)C(CC2CCC(O)=C(C3CCCCC3)N2C)C(C)C1. The number of nitrogens with zero attached hydrogens (tertiary/aromatic N) is 1. The maximum atomic E-state index is 12.0. The van der Waals surface area contributed by atoms with Gasteiger partial charge in [0.1, 0.15) is 5.76 Å². The number of rotatable bonds is 7. The van der Waals surface area contributed by atoms with Gasteiger partial charge in [-0.25, -0.2) is 4.79 Å². The highest BCUT2D eigenvalue weighted by Gasteiger charge is 2.39. The van der Waals surface area contributed by atoms with Crippen LogP contribution in [0.5, 0.6) is 0 Å². The van der Waals surface area contributed by atoms with Crippen LogP contribution in [-0.4, -0.2) is 47.9 Å². The summed E-state index contributed by atoms with van der Waals surface area (Å²) >= 11 is 0. The first-order valence-electron chi connectivity index (χ1n) is 12.8. The van der Waals surface area contributed by atoms with Gasteiger partial charge >= 0.3 is 5.97 Å². The van der Waals surface area contributed by atoms with Crippen LogP contribution in [0.3, 0.4) is 0 Å². The zero-order chi connectivity index (χ0) is 22.5. The van der Waals surface area contributed by atoms with E-state index in [9.17, 15) is 9.90 Å². The first kappa shape index (κ1) is 24.4. The highest BCUT2D eigenvalue weighted by atomic mass is 16.6. The van der Waals surface area contributed by atoms with Crippen LogP contribution in [0.15, 0.2) is 11.5 Å². The van der Waals surface area contributed by atoms with E-state index in [0.717, 1.165) is 25.7 Å². The van der Waals surface area contributed by atoms with Crippen LogP contribution in [0.2, 0.25) is 0 Å². The van der Waals surface area contributed by atoms with E-state index >= 15 is 0 Å². The third-order valence-electron chi connectivity index (χ3n) is 8.22. The van der Waals surface area contributed by atoms with Crippen molar-refractivity contribution in [1.82, 2.24) is 4.90 Å². The fourth-order valence-electron chi connectivity index (χ4n) is 6.53. The number of aliphatic hydroxyl groups is 1. The number of hydrogen-bond donors (Lipinski definition) is 1. The van der Waals surface area contributed by atoms with Crippen molar-refractivity contribution >= 4 is 5.97 Å². The maximum Gasteiger partial charge on any atom is 0.334 e. The predicted octanol–water partition coefficient (Wildman–Crippen LogP) is 5.84. The van der Waals surface area contributed by atoms with Gasteiger partial charge in [-0.15, -0.1) is 0 Å². The zero-order valence-electron chi connectivity index (χ0n) is 20.4. The van der Waals surface area contributed by atoms with Crippen LogP contribution >= 0.6 is 0 Å². The summed E-state index contributed by atoms with van der Waals surface area (Å²) in [7, 11) is 2.22. The average Bonchev–Trinajstić information content (AvgIpc) is 2.73. The molecule has 1 N–H and O–H groups in total. The molecule has 0 radical (unpaired) electrons. The Morgan fingerprint density at radius 1 is 1.13 bits per heavy atom. The Kier molecular flexibility index (Phi) is 8.72. The molecule has 0 saturated heterocycles. The van der Waals surface area contributed by atoms with Gasteiger partial charge in [0.2, 0.25) is 0 Å². The maximum absolute atomic E-state index is 12.0. The lowest BCUT2D eigenvalue weighted by Crippen LogP contribution is -2.43. The van der Waals surface area contributed by atoms with Crippen molar-refractivity contribution in [2.45, 2.75) is 110 Å². The molecular weight excluding hydrogens is 390 g/mol. The van der Waals surface area contributed by atoms with E-state index in [1.54, 1.807) is 0 Å². The second kappa shape index (κ2) is 11.1. The molecule has 3 rings (SSSR count). The lowest BCUT2D eigenvalue weighted by Gasteiger charge is -2.46. The summed E-state index contributed by atoms with van der Waals surface area (Å²) in [5.41, 5.74) is 1.25. The van der Waals surface area contributed by atoms with Crippen LogP contribution in [0.4, 0.5) is 0 Å². The van der Waals surface area contributed by atoms with E-state index in [1.165, 1.54) is 44.2 Å². The number of aliphatic hydroxyl groups excluding tert-OH is 1. The largest absolute Gasteiger partial charge is 0.510 e. The second-order valence-corrected chi connectivity index (χ2v) is 10.4. The molecule has 0 aromatic rings. The Bertz CT molecular complexity index is 615. The molecule has 0 bridgehead atoms. The van der Waals surface area contributed by atoms with Crippen molar-refractivity contribution in [1.29, 1.82) is 0 Å². The summed E-state index contributed by atoms with van der Waals surface area (Å²) in [6, 6.07) is 0.513. The van der Waals surface area contributed by atoms with Crippen molar-refractivity contribution in [3.05, 3.63) is 11.5 Å². The number of esters is 1. The third kappa shape index (κ3) is 5.97. The summed E-state index contributed by atoms with van der Waals surface area (Å²) in [6.45, 7) is 8.74. The quantitative estimate of drug-likeness (QED) is 0.509. The van der Waals surface area contributed by atoms with Crippen LogP contribution < -0.4 is 0 Å². The van der Waals surface area contributed by atoms with Gasteiger partial charge in [0.25, 0.3) is 0 Å². The molecule has 0 aromatic carbocycles. The average molecular weight is 436 g/mol. The molecule has 1 heterocycles. The Morgan fingerprint density at radius 3 is 2.39 bits per heavy atom. The van der Waals surface area contributed by atoms with E-state index in [4.69, 9.17) is 9.47 Å². The Morgan fingerprint density at radius 2 is 1.77 bits per heavy atom. The predicted molar refractivity (Wildman–Crippen MR) is 124 cm³/mol. The third-order valence-corrected chi connectivity index (χ3v) is 8.22. The molecule has 5 heteroatoms. The van der Waals surface area contributed by atoms with Crippen LogP contribution in [0.25, 0.3) is 0 Å². The monoisotopic (exact) mass is 435 g/mol. The molecule has 2 saturated carbocycles.